The molecule has 0 saturated carbocycles. The maximum absolute atomic E-state index is 12.6. The van der Waals surface area contributed by atoms with Crippen molar-refractivity contribution < 1.29 is 9.21 Å². The van der Waals surface area contributed by atoms with Gasteiger partial charge in [-0.1, -0.05) is 42.0 Å². The van der Waals surface area contributed by atoms with Gasteiger partial charge >= 0.3 is 0 Å². The zero-order valence-electron chi connectivity index (χ0n) is 13.4. The molecule has 1 aromatic carbocycles. The van der Waals surface area contributed by atoms with Crippen LogP contribution in [0.4, 0.5) is 0 Å². The Hall–Kier alpha value is -2.75. The maximum atomic E-state index is 12.6. The number of allylic oxidation sites excluding steroid dienone is 2. The number of benzene rings is 1. The van der Waals surface area contributed by atoms with Crippen LogP contribution >= 0.6 is 0 Å². The van der Waals surface area contributed by atoms with Crippen molar-refractivity contribution in [2.75, 3.05) is 0 Å². The first-order valence-electron chi connectivity index (χ1n) is 7.67. The van der Waals surface area contributed by atoms with E-state index in [4.69, 9.17) is 4.42 Å². The number of aromatic nitrogens is 1. The first-order chi connectivity index (χ1) is 11.1. The molecule has 0 radical (unpaired) electrons. The molecular formula is C19H20N2O2. The van der Waals surface area contributed by atoms with Gasteiger partial charge in [0.05, 0.1) is 11.8 Å². The molecule has 2 heterocycles. The molecule has 3 rings (SSSR count). The summed E-state index contributed by atoms with van der Waals surface area (Å²) in [5, 5.41) is 2.97. The largest absolute Gasteiger partial charge is 0.463 e. The molecule has 1 amide bonds. The van der Waals surface area contributed by atoms with E-state index in [1.165, 1.54) is 5.57 Å². The molecule has 118 valence electrons. The van der Waals surface area contributed by atoms with Crippen molar-refractivity contribution >= 4 is 17.0 Å². The second-order valence-corrected chi connectivity index (χ2v) is 5.76. The molecule has 4 nitrogen and oxygen atoms in total. The number of hydrogen-bond donors (Lipinski definition) is 1. The third kappa shape index (κ3) is 3.37. The fourth-order valence-corrected chi connectivity index (χ4v) is 2.50. The maximum Gasteiger partial charge on any atom is 0.268 e. The van der Waals surface area contributed by atoms with Crippen molar-refractivity contribution in [2.24, 2.45) is 0 Å². The first-order valence-corrected chi connectivity index (χ1v) is 7.67. The van der Waals surface area contributed by atoms with Crippen LogP contribution in [-0.2, 0) is 13.1 Å². The van der Waals surface area contributed by atoms with Crippen LogP contribution in [0.5, 0.6) is 0 Å². The second kappa shape index (κ2) is 6.57. The summed E-state index contributed by atoms with van der Waals surface area (Å²) in [4.78, 5) is 12.6. The van der Waals surface area contributed by atoms with Crippen molar-refractivity contribution in [2.45, 2.75) is 26.9 Å². The second-order valence-electron chi connectivity index (χ2n) is 5.76. The van der Waals surface area contributed by atoms with Gasteiger partial charge in [-0.2, -0.15) is 0 Å². The summed E-state index contributed by atoms with van der Waals surface area (Å²) in [7, 11) is 0. The minimum absolute atomic E-state index is 0.0950. The summed E-state index contributed by atoms with van der Waals surface area (Å²) in [6.45, 7) is 5.25. The van der Waals surface area contributed by atoms with E-state index < -0.39 is 0 Å². The summed E-state index contributed by atoms with van der Waals surface area (Å²) in [6, 6.07) is 13.6. The van der Waals surface area contributed by atoms with E-state index in [0.29, 0.717) is 18.8 Å². The lowest BCUT2D eigenvalue weighted by atomic mass is 10.2. The highest BCUT2D eigenvalue weighted by Crippen LogP contribution is 2.21. The van der Waals surface area contributed by atoms with E-state index in [1.54, 1.807) is 12.3 Å². The Morgan fingerprint density at radius 2 is 2.00 bits per heavy atom. The number of hydrogen-bond acceptors (Lipinski definition) is 2. The average molecular weight is 308 g/mol. The molecule has 0 saturated heterocycles. The van der Waals surface area contributed by atoms with Crippen molar-refractivity contribution in [3.05, 3.63) is 71.6 Å². The summed E-state index contributed by atoms with van der Waals surface area (Å²) < 4.78 is 7.42. The van der Waals surface area contributed by atoms with Gasteiger partial charge in [-0.05, 0) is 19.4 Å². The number of carbonyl (C=O) groups is 1. The number of nitrogens with one attached hydrogen (secondary N) is 1. The third-order valence-corrected chi connectivity index (χ3v) is 3.73. The lowest BCUT2D eigenvalue weighted by Crippen LogP contribution is -2.25. The Morgan fingerprint density at radius 1 is 1.22 bits per heavy atom. The topological polar surface area (TPSA) is 47.2 Å². The Bertz CT molecular complexity index is 837. The standard InChI is InChI=1S/C19H20N2O2/c1-14(2)8-10-21-16-9-11-23-18(16)12-17(21)19(22)20-13-15-6-4-3-5-7-15/h3-9,11-12H,10,13H2,1-2H3,(H,20,22). The molecule has 0 aliphatic carbocycles. The molecule has 0 aliphatic heterocycles. The Morgan fingerprint density at radius 3 is 2.74 bits per heavy atom. The smallest absolute Gasteiger partial charge is 0.268 e. The number of fused-ring (bicyclic) bond motifs is 1. The molecule has 0 unspecified atom stereocenters. The van der Waals surface area contributed by atoms with E-state index in [2.05, 4.69) is 11.4 Å². The molecule has 0 atom stereocenters. The van der Waals surface area contributed by atoms with E-state index in [0.717, 1.165) is 16.7 Å². The van der Waals surface area contributed by atoms with Gasteiger partial charge in [0.25, 0.3) is 5.91 Å². The predicted molar refractivity (Wildman–Crippen MR) is 91.2 cm³/mol. The molecular weight excluding hydrogens is 288 g/mol. The van der Waals surface area contributed by atoms with Crippen LogP contribution in [0.3, 0.4) is 0 Å². The summed E-state index contributed by atoms with van der Waals surface area (Å²) in [6.07, 6.45) is 3.75. The molecule has 0 spiro atoms. The van der Waals surface area contributed by atoms with Gasteiger partial charge in [-0.25, -0.2) is 0 Å². The minimum Gasteiger partial charge on any atom is -0.463 e. The lowest BCUT2D eigenvalue weighted by Gasteiger charge is -2.09. The Kier molecular flexibility index (Phi) is 4.33. The normalized spacial score (nSPS) is 10.7. The molecule has 0 fully saturated rings. The SMILES string of the molecule is CC(C)=CCn1c(C(=O)NCc2ccccc2)cc2occc21. The molecule has 1 N–H and O–H groups in total. The van der Waals surface area contributed by atoms with E-state index in [1.807, 2.05) is 54.8 Å². The van der Waals surface area contributed by atoms with Gasteiger partial charge in [0.15, 0.2) is 5.58 Å². The number of nitrogens with zero attached hydrogens (tertiary/aromatic N) is 1. The molecule has 23 heavy (non-hydrogen) atoms. The number of furan rings is 1. The van der Waals surface area contributed by atoms with Gasteiger partial charge in [0.2, 0.25) is 0 Å². The number of amides is 1. The zero-order valence-corrected chi connectivity index (χ0v) is 13.4. The fraction of sp³-hybridized carbons (Fsp3) is 0.211. The average Bonchev–Trinajstić information content (AvgIpc) is 3.12. The van der Waals surface area contributed by atoms with Crippen LogP contribution in [0.15, 0.2) is 64.8 Å². The highest BCUT2D eigenvalue weighted by molar-refractivity contribution is 5.97. The van der Waals surface area contributed by atoms with Gasteiger partial charge < -0.3 is 14.3 Å². The van der Waals surface area contributed by atoms with Crippen LogP contribution in [0, 0.1) is 0 Å². The van der Waals surface area contributed by atoms with E-state index >= 15 is 0 Å². The van der Waals surface area contributed by atoms with E-state index in [-0.39, 0.29) is 5.91 Å². The number of carbonyl (C=O) groups excluding carboxylic acids is 1. The molecule has 2 aromatic heterocycles. The highest BCUT2D eigenvalue weighted by atomic mass is 16.3. The Balaban J connectivity index is 1.83. The van der Waals surface area contributed by atoms with Crippen LogP contribution in [0.25, 0.3) is 11.1 Å². The fourth-order valence-electron chi connectivity index (χ4n) is 2.50. The quantitative estimate of drug-likeness (QED) is 0.720. The summed E-state index contributed by atoms with van der Waals surface area (Å²) in [5.41, 5.74) is 4.58. The van der Waals surface area contributed by atoms with Gasteiger partial charge in [0.1, 0.15) is 5.69 Å². The molecule has 0 aliphatic rings. The van der Waals surface area contributed by atoms with Crippen molar-refractivity contribution in [1.29, 1.82) is 0 Å². The Labute approximate surface area is 135 Å². The molecule has 0 bridgehead atoms. The van der Waals surface area contributed by atoms with Crippen LogP contribution in [0.1, 0.15) is 29.9 Å². The zero-order chi connectivity index (χ0) is 16.2. The van der Waals surface area contributed by atoms with E-state index in [9.17, 15) is 4.79 Å². The van der Waals surface area contributed by atoms with Gasteiger partial charge in [-0.15, -0.1) is 0 Å². The molecule has 4 heteroatoms. The highest BCUT2D eigenvalue weighted by Gasteiger charge is 2.16. The van der Waals surface area contributed by atoms with Crippen molar-refractivity contribution in [3.63, 3.8) is 0 Å². The third-order valence-electron chi connectivity index (χ3n) is 3.73. The van der Waals surface area contributed by atoms with Crippen LogP contribution in [0.2, 0.25) is 0 Å². The predicted octanol–water partition coefficient (Wildman–Crippen LogP) is 4.13. The minimum atomic E-state index is -0.0950. The van der Waals surface area contributed by atoms with Crippen LogP contribution < -0.4 is 5.32 Å². The van der Waals surface area contributed by atoms with Gasteiger partial charge in [-0.3, -0.25) is 4.79 Å². The van der Waals surface area contributed by atoms with Crippen LogP contribution in [-0.4, -0.2) is 10.5 Å². The summed E-state index contributed by atoms with van der Waals surface area (Å²) in [5.74, 6) is -0.0950. The number of rotatable bonds is 5. The summed E-state index contributed by atoms with van der Waals surface area (Å²) >= 11 is 0. The van der Waals surface area contributed by atoms with Gasteiger partial charge in [0, 0.05) is 25.2 Å². The lowest BCUT2D eigenvalue weighted by molar-refractivity contribution is 0.0942. The molecule has 3 aromatic rings. The monoisotopic (exact) mass is 308 g/mol. The van der Waals surface area contributed by atoms with Crippen molar-refractivity contribution in [3.8, 4) is 0 Å². The van der Waals surface area contributed by atoms with Crippen molar-refractivity contribution in [1.82, 2.24) is 9.88 Å². The first kappa shape index (κ1) is 15.2.